The van der Waals surface area contributed by atoms with E-state index in [9.17, 15) is 0 Å². The molecule has 0 amide bonds. The SMILES string of the molecule is CSCCCN[C@H](C)C1CCCCCC1. The second kappa shape index (κ2) is 8.46. The van der Waals surface area contributed by atoms with E-state index in [-0.39, 0.29) is 0 Å². The van der Waals surface area contributed by atoms with Gasteiger partial charge in [0.05, 0.1) is 0 Å². The van der Waals surface area contributed by atoms with E-state index in [1.165, 1.54) is 57.2 Å². The average Bonchev–Trinajstić information content (AvgIpc) is 2.52. The van der Waals surface area contributed by atoms with Crippen LogP contribution in [0.1, 0.15) is 51.9 Å². The minimum absolute atomic E-state index is 0.741. The lowest BCUT2D eigenvalue weighted by Crippen LogP contribution is -2.34. The number of hydrogen-bond acceptors (Lipinski definition) is 2. The number of rotatable bonds is 6. The molecule has 1 nitrogen and oxygen atoms in total. The maximum absolute atomic E-state index is 3.70. The van der Waals surface area contributed by atoms with Crippen molar-refractivity contribution in [2.45, 2.75) is 57.9 Å². The molecule has 15 heavy (non-hydrogen) atoms. The Labute approximate surface area is 99.8 Å². The van der Waals surface area contributed by atoms with Crippen LogP contribution in [0.4, 0.5) is 0 Å². The van der Waals surface area contributed by atoms with Crippen molar-refractivity contribution in [1.82, 2.24) is 5.32 Å². The molecule has 1 aliphatic carbocycles. The Morgan fingerprint density at radius 1 is 1.20 bits per heavy atom. The van der Waals surface area contributed by atoms with Crippen LogP contribution < -0.4 is 5.32 Å². The van der Waals surface area contributed by atoms with Gasteiger partial charge in [0.25, 0.3) is 0 Å². The van der Waals surface area contributed by atoms with E-state index in [4.69, 9.17) is 0 Å². The molecular weight excluding hydrogens is 202 g/mol. The van der Waals surface area contributed by atoms with Crippen LogP contribution >= 0.6 is 11.8 Å². The first-order valence-electron chi connectivity index (χ1n) is 6.57. The van der Waals surface area contributed by atoms with Gasteiger partial charge in [-0.25, -0.2) is 0 Å². The summed E-state index contributed by atoms with van der Waals surface area (Å²) in [5.41, 5.74) is 0. The first-order valence-corrected chi connectivity index (χ1v) is 7.96. The Balaban J connectivity index is 2.11. The number of nitrogens with one attached hydrogen (secondary N) is 1. The average molecular weight is 229 g/mol. The van der Waals surface area contributed by atoms with Crippen LogP contribution in [0.2, 0.25) is 0 Å². The lowest BCUT2D eigenvalue weighted by Gasteiger charge is -2.23. The fourth-order valence-corrected chi connectivity index (χ4v) is 2.96. The minimum atomic E-state index is 0.741. The van der Waals surface area contributed by atoms with Crippen molar-refractivity contribution >= 4 is 11.8 Å². The molecule has 1 fully saturated rings. The summed E-state index contributed by atoms with van der Waals surface area (Å²) in [7, 11) is 0. The maximum atomic E-state index is 3.70. The maximum Gasteiger partial charge on any atom is 0.00670 e. The molecule has 0 aromatic rings. The summed E-state index contributed by atoms with van der Waals surface area (Å²) in [6.45, 7) is 3.59. The highest BCUT2D eigenvalue weighted by atomic mass is 32.2. The Hall–Kier alpha value is 0.310. The third kappa shape index (κ3) is 5.82. The van der Waals surface area contributed by atoms with Crippen molar-refractivity contribution in [3.8, 4) is 0 Å². The van der Waals surface area contributed by atoms with Gasteiger partial charge in [0, 0.05) is 6.04 Å². The molecule has 0 bridgehead atoms. The Bertz CT molecular complexity index is 141. The van der Waals surface area contributed by atoms with Gasteiger partial charge in [0.1, 0.15) is 0 Å². The van der Waals surface area contributed by atoms with Crippen molar-refractivity contribution < 1.29 is 0 Å². The van der Waals surface area contributed by atoms with E-state index in [2.05, 4.69) is 18.5 Å². The molecule has 0 aromatic carbocycles. The fourth-order valence-electron chi connectivity index (χ4n) is 2.52. The third-order valence-corrected chi connectivity index (χ3v) is 4.30. The molecule has 0 aromatic heterocycles. The van der Waals surface area contributed by atoms with Gasteiger partial charge >= 0.3 is 0 Å². The molecule has 0 radical (unpaired) electrons. The minimum Gasteiger partial charge on any atom is -0.314 e. The van der Waals surface area contributed by atoms with Crippen LogP contribution in [0.25, 0.3) is 0 Å². The topological polar surface area (TPSA) is 12.0 Å². The second-order valence-corrected chi connectivity index (χ2v) is 5.83. The molecule has 1 saturated carbocycles. The highest BCUT2D eigenvalue weighted by Crippen LogP contribution is 2.25. The van der Waals surface area contributed by atoms with E-state index >= 15 is 0 Å². The van der Waals surface area contributed by atoms with Gasteiger partial charge in [-0.15, -0.1) is 0 Å². The molecule has 2 heteroatoms. The zero-order valence-electron chi connectivity index (χ0n) is 10.4. The predicted octanol–water partition coefficient (Wildman–Crippen LogP) is 3.69. The largest absolute Gasteiger partial charge is 0.314 e. The summed E-state index contributed by atoms with van der Waals surface area (Å²) < 4.78 is 0. The van der Waals surface area contributed by atoms with Gasteiger partial charge in [-0.1, -0.05) is 25.7 Å². The first-order chi connectivity index (χ1) is 7.34. The van der Waals surface area contributed by atoms with Crippen molar-refractivity contribution in [2.75, 3.05) is 18.6 Å². The normalized spacial score (nSPS) is 21.2. The van der Waals surface area contributed by atoms with Crippen LogP contribution in [-0.2, 0) is 0 Å². The highest BCUT2D eigenvalue weighted by Gasteiger charge is 2.17. The van der Waals surface area contributed by atoms with Crippen molar-refractivity contribution in [1.29, 1.82) is 0 Å². The summed E-state index contributed by atoms with van der Waals surface area (Å²) >= 11 is 1.95. The van der Waals surface area contributed by atoms with Gasteiger partial charge in [-0.2, -0.15) is 11.8 Å². The van der Waals surface area contributed by atoms with Gasteiger partial charge in [0.15, 0.2) is 0 Å². The van der Waals surface area contributed by atoms with E-state index < -0.39 is 0 Å². The van der Waals surface area contributed by atoms with Gasteiger partial charge < -0.3 is 5.32 Å². The van der Waals surface area contributed by atoms with Gasteiger partial charge in [0.2, 0.25) is 0 Å². The van der Waals surface area contributed by atoms with Crippen LogP contribution in [0.5, 0.6) is 0 Å². The van der Waals surface area contributed by atoms with Crippen molar-refractivity contribution in [3.05, 3.63) is 0 Å². The summed E-state index contributed by atoms with van der Waals surface area (Å²) in [4.78, 5) is 0. The summed E-state index contributed by atoms with van der Waals surface area (Å²) in [5, 5.41) is 3.70. The quantitative estimate of drug-likeness (QED) is 0.551. The lowest BCUT2D eigenvalue weighted by atomic mass is 9.93. The van der Waals surface area contributed by atoms with Crippen molar-refractivity contribution in [3.63, 3.8) is 0 Å². The molecule has 0 aliphatic heterocycles. The van der Waals surface area contributed by atoms with Gasteiger partial charge in [-0.3, -0.25) is 0 Å². The highest BCUT2D eigenvalue weighted by molar-refractivity contribution is 7.98. The Morgan fingerprint density at radius 3 is 2.47 bits per heavy atom. The molecule has 1 aliphatic rings. The molecule has 1 atom stereocenters. The molecule has 0 saturated heterocycles. The van der Waals surface area contributed by atoms with E-state index in [1.807, 2.05) is 11.8 Å². The summed E-state index contributed by atoms with van der Waals surface area (Å²) in [5.74, 6) is 2.24. The summed E-state index contributed by atoms with van der Waals surface area (Å²) in [6.07, 6.45) is 12.3. The first kappa shape index (κ1) is 13.4. The van der Waals surface area contributed by atoms with Crippen molar-refractivity contribution in [2.24, 2.45) is 5.92 Å². The molecule has 0 spiro atoms. The smallest absolute Gasteiger partial charge is 0.00670 e. The monoisotopic (exact) mass is 229 g/mol. The van der Waals surface area contributed by atoms with Crippen LogP contribution in [0.3, 0.4) is 0 Å². The molecule has 1 rings (SSSR count). The molecule has 0 unspecified atom stereocenters. The van der Waals surface area contributed by atoms with E-state index in [1.54, 1.807) is 0 Å². The second-order valence-electron chi connectivity index (χ2n) is 4.84. The molecular formula is C13H27NS. The van der Waals surface area contributed by atoms with Crippen LogP contribution in [-0.4, -0.2) is 24.6 Å². The molecule has 90 valence electrons. The Morgan fingerprint density at radius 2 is 1.87 bits per heavy atom. The van der Waals surface area contributed by atoms with Crippen LogP contribution in [0.15, 0.2) is 0 Å². The van der Waals surface area contributed by atoms with Crippen LogP contribution in [0, 0.1) is 5.92 Å². The zero-order valence-corrected chi connectivity index (χ0v) is 11.2. The number of thioether (sulfide) groups is 1. The lowest BCUT2D eigenvalue weighted by molar-refractivity contribution is 0.339. The standard InChI is InChI=1S/C13H27NS/c1-12(14-10-7-11-15-2)13-8-5-3-4-6-9-13/h12-14H,3-11H2,1-2H3/t12-/m1/s1. The molecule has 1 N–H and O–H groups in total. The molecule has 0 heterocycles. The predicted molar refractivity (Wildman–Crippen MR) is 71.7 cm³/mol. The zero-order chi connectivity index (χ0) is 10.9. The van der Waals surface area contributed by atoms with E-state index in [0.717, 1.165) is 12.0 Å². The Kier molecular flexibility index (Phi) is 7.54. The third-order valence-electron chi connectivity index (χ3n) is 3.60. The number of hydrogen-bond donors (Lipinski definition) is 1. The van der Waals surface area contributed by atoms with Gasteiger partial charge in [-0.05, 0) is 50.7 Å². The fraction of sp³-hybridized carbons (Fsp3) is 1.00. The summed E-state index contributed by atoms with van der Waals surface area (Å²) in [6, 6.07) is 0.741. The van der Waals surface area contributed by atoms with E-state index in [0.29, 0.717) is 0 Å².